The molecule has 4 nitrogen and oxygen atoms in total. The van der Waals surface area contributed by atoms with Gasteiger partial charge in [0.25, 0.3) is 0 Å². The Labute approximate surface area is 114 Å². The average Bonchev–Trinajstić information content (AvgIpc) is 2.63. The Morgan fingerprint density at radius 2 is 2.21 bits per heavy atom. The van der Waals surface area contributed by atoms with Crippen molar-refractivity contribution in [3.8, 4) is 5.75 Å². The molecule has 104 valence electrons. The molecule has 0 aromatic heterocycles. The Bertz CT molecular complexity index is 487. The second-order valence-corrected chi connectivity index (χ2v) is 5.78. The van der Waals surface area contributed by atoms with E-state index in [0.717, 1.165) is 31.6 Å². The molecule has 0 radical (unpaired) electrons. The Morgan fingerprint density at radius 1 is 1.42 bits per heavy atom. The predicted octanol–water partition coefficient (Wildman–Crippen LogP) is 2.60. The lowest BCUT2D eigenvalue weighted by Gasteiger charge is -2.26. The maximum absolute atomic E-state index is 9.91. The summed E-state index contributed by atoms with van der Waals surface area (Å²) in [6.45, 7) is 3.12. The molecule has 0 saturated carbocycles. The molecule has 2 aliphatic heterocycles. The number of fused-ring (bicyclic) bond motifs is 3. The van der Waals surface area contributed by atoms with Crippen molar-refractivity contribution in [2.75, 3.05) is 25.5 Å². The third kappa shape index (κ3) is 2.09. The monoisotopic (exact) mass is 262 g/mol. The summed E-state index contributed by atoms with van der Waals surface area (Å²) >= 11 is 0. The van der Waals surface area contributed by atoms with Crippen molar-refractivity contribution >= 4 is 5.69 Å². The maximum atomic E-state index is 9.91. The van der Waals surface area contributed by atoms with Crippen molar-refractivity contribution in [1.29, 1.82) is 0 Å². The Kier molecular flexibility index (Phi) is 3.15. The van der Waals surface area contributed by atoms with Crippen molar-refractivity contribution in [3.63, 3.8) is 0 Å². The Balaban J connectivity index is 2.13. The van der Waals surface area contributed by atoms with E-state index >= 15 is 0 Å². The van der Waals surface area contributed by atoms with Crippen LogP contribution in [0.3, 0.4) is 0 Å². The van der Waals surface area contributed by atoms with Crippen molar-refractivity contribution in [2.24, 2.45) is 0 Å². The first-order valence-corrected chi connectivity index (χ1v) is 7.03. The van der Waals surface area contributed by atoms with Gasteiger partial charge in [-0.3, -0.25) is 0 Å². The van der Waals surface area contributed by atoms with Gasteiger partial charge in [0.05, 0.1) is 11.7 Å². The first kappa shape index (κ1) is 12.8. The van der Waals surface area contributed by atoms with Crippen LogP contribution in [0.25, 0.3) is 0 Å². The molecule has 19 heavy (non-hydrogen) atoms. The number of nitrogens with zero attached hydrogens (tertiary/aromatic N) is 2. The van der Waals surface area contributed by atoms with Crippen molar-refractivity contribution < 1.29 is 9.94 Å². The van der Waals surface area contributed by atoms with E-state index in [1.807, 2.05) is 0 Å². The molecular weight excluding hydrogens is 240 g/mol. The highest BCUT2D eigenvalue weighted by Gasteiger charge is 2.31. The van der Waals surface area contributed by atoms with Crippen LogP contribution >= 0.6 is 0 Å². The van der Waals surface area contributed by atoms with E-state index in [9.17, 15) is 5.21 Å². The van der Waals surface area contributed by atoms with Gasteiger partial charge in [0.1, 0.15) is 11.9 Å². The third-order valence-electron chi connectivity index (χ3n) is 4.23. The molecule has 0 saturated heterocycles. The zero-order valence-corrected chi connectivity index (χ0v) is 11.9. The average molecular weight is 262 g/mol. The highest BCUT2D eigenvalue weighted by molar-refractivity contribution is 5.69. The second-order valence-electron chi connectivity index (χ2n) is 5.78. The molecule has 0 aliphatic carbocycles. The van der Waals surface area contributed by atoms with Gasteiger partial charge in [0.2, 0.25) is 0 Å². The maximum Gasteiger partial charge on any atom is 0.146 e. The van der Waals surface area contributed by atoms with Crippen LogP contribution in [0, 0.1) is 0 Å². The van der Waals surface area contributed by atoms with E-state index in [-0.39, 0.29) is 12.1 Å². The molecule has 1 aromatic carbocycles. The van der Waals surface area contributed by atoms with Crippen LogP contribution in [-0.2, 0) is 6.42 Å². The molecule has 1 N–H and O–H groups in total. The molecule has 2 atom stereocenters. The largest absolute Gasteiger partial charge is 0.488 e. The standard InChI is InChI=1S/C15H22N2O2/c1-10-9-11-6-7-12-13(17(3)18)5-4-8-16(2)14(12)15(11)19-10/h6-7,10,13,18H,4-5,8-9H2,1-3H3. The summed E-state index contributed by atoms with van der Waals surface area (Å²) in [5.74, 6) is 1.03. The zero-order chi connectivity index (χ0) is 13.6. The van der Waals surface area contributed by atoms with Gasteiger partial charge in [0.15, 0.2) is 0 Å². The molecular formula is C15H22N2O2. The Morgan fingerprint density at radius 3 is 2.95 bits per heavy atom. The van der Waals surface area contributed by atoms with Gasteiger partial charge in [0, 0.05) is 27.1 Å². The minimum Gasteiger partial charge on any atom is -0.488 e. The topological polar surface area (TPSA) is 35.9 Å². The quantitative estimate of drug-likeness (QED) is 0.789. The van der Waals surface area contributed by atoms with E-state index < -0.39 is 0 Å². The zero-order valence-electron chi connectivity index (χ0n) is 11.9. The van der Waals surface area contributed by atoms with Crippen molar-refractivity contribution in [2.45, 2.75) is 38.3 Å². The number of benzene rings is 1. The van der Waals surface area contributed by atoms with Gasteiger partial charge in [-0.25, -0.2) is 0 Å². The molecule has 2 heterocycles. The van der Waals surface area contributed by atoms with Crippen LogP contribution in [0.2, 0.25) is 0 Å². The summed E-state index contributed by atoms with van der Waals surface area (Å²) in [4.78, 5) is 2.27. The van der Waals surface area contributed by atoms with Gasteiger partial charge in [-0.1, -0.05) is 12.1 Å². The molecule has 0 bridgehead atoms. The minimum absolute atomic E-state index is 0.0600. The molecule has 1 aromatic rings. The smallest absolute Gasteiger partial charge is 0.146 e. The van der Waals surface area contributed by atoms with E-state index in [2.05, 4.69) is 31.0 Å². The summed E-state index contributed by atoms with van der Waals surface area (Å²) in [6.07, 6.45) is 3.28. The van der Waals surface area contributed by atoms with E-state index in [0.29, 0.717) is 0 Å². The van der Waals surface area contributed by atoms with Crippen LogP contribution in [0.4, 0.5) is 5.69 Å². The molecule has 3 rings (SSSR count). The second kappa shape index (κ2) is 4.69. The fourth-order valence-corrected chi connectivity index (χ4v) is 3.31. The number of anilines is 1. The summed E-state index contributed by atoms with van der Waals surface area (Å²) in [5.41, 5.74) is 3.64. The van der Waals surface area contributed by atoms with E-state index in [4.69, 9.17) is 4.74 Å². The van der Waals surface area contributed by atoms with Crippen molar-refractivity contribution in [1.82, 2.24) is 5.06 Å². The molecule has 0 fully saturated rings. The molecule has 2 aliphatic rings. The Hall–Kier alpha value is -1.26. The molecule has 0 amide bonds. The first-order valence-electron chi connectivity index (χ1n) is 7.03. The van der Waals surface area contributed by atoms with E-state index in [1.165, 1.54) is 21.9 Å². The highest BCUT2D eigenvalue weighted by atomic mass is 16.5. The highest BCUT2D eigenvalue weighted by Crippen LogP contribution is 2.45. The molecule has 4 heteroatoms. The number of ether oxygens (including phenoxy) is 1. The van der Waals surface area contributed by atoms with Crippen LogP contribution in [0.15, 0.2) is 12.1 Å². The lowest BCUT2D eigenvalue weighted by molar-refractivity contribution is -0.106. The fourth-order valence-electron chi connectivity index (χ4n) is 3.31. The third-order valence-corrected chi connectivity index (χ3v) is 4.23. The number of rotatable bonds is 1. The van der Waals surface area contributed by atoms with Gasteiger partial charge in [-0.2, -0.15) is 5.06 Å². The lowest BCUT2D eigenvalue weighted by Crippen LogP contribution is -2.21. The van der Waals surface area contributed by atoms with Crippen molar-refractivity contribution in [3.05, 3.63) is 23.3 Å². The van der Waals surface area contributed by atoms with Crippen LogP contribution in [0.1, 0.15) is 36.9 Å². The molecule has 2 unspecified atom stereocenters. The summed E-state index contributed by atoms with van der Waals surface area (Å²) < 4.78 is 6.02. The lowest BCUT2D eigenvalue weighted by atomic mass is 9.98. The van der Waals surface area contributed by atoms with Crippen LogP contribution in [0.5, 0.6) is 5.75 Å². The number of hydroxylamine groups is 2. The fraction of sp³-hybridized carbons (Fsp3) is 0.600. The molecule has 0 spiro atoms. The predicted molar refractivity (Wildman–Crippen MR) is 75.0 cm³/mol. The van der Waals surface area contributed by atoms with Crippen LogP contribution in [-0.4, -0.2) is 37.0 Å². The summed E-state index contributed by atoms with van der Waals surface area (Å²) in [6, 6.07) is 4.38. The van der Waals surface area contributed by atoms with E-state index in [1.54, 1.807) is 7.05 Å². The van der Waals surface area contributed by atoms with Gasteiger partial charge in [-0.05, 0) is 30.9 Å². The van der Waals surface area contributed by atoms with Gasteiger partial charge in [-0.15, -0.1) is 0 Å². The van der Waals surface area contributed by atoms with Crippen LogP contribution < -0.4 is 9.64 Å². The first-order chi connectivity index (χ1) is 9.08. The number of hydrogen-bond donors (Lipinski definition) is 1. The normalized spacial score (nSPS) is 25.8. The summed E-state index contributed by atoms with van der Waals surface area (Å²) in [7, 11) is 3.85. The number of hydrogen-bond acceptors (Lipinski definition) is 4. The summed E-state index contributed by atoms with van der Waals surface area (Å²) in [5, 5.41) is 11.2. The minimum atomic E-state index is 0.0600. The van der Waals surface area contributed by atoms with Gasteiger partial charge >= 0.3 is 0 Å². The van der Waals surface area contributed by atoms with Gasteiger partial charge < -0.3 is 14.8 Å². The SMILES string of the molecule is CC1Cc2ccc3c(c2O1)N(C)CCCC3N(C)O.